The Morgan fingerprint density at radius 1 is 1.34 bits per heavy atom. The molecule has 0 spiro atoms. The van der Waals surface area contributed by atoms with Crippen molar-refractivity contribution < 1.29 is 14.3 Å². The number of hydrogen-bond acceptors (Lipinski definition) is 7. The van der Waals surface area contributed by atoms with Gasteiger partial charge in [-0.25, -0.2) is 4.98 Å². The number of carbonyl (C=O) groups is 1. The van der Waals surface area contributed by atoms with E-state index >= 15 is 0 Å². The fourth-order valence-electron chi connectivity index (χ4n) is 3.76. The Labute approximate surface area is 193 Å². The lowest BCUT2D eigenvalue weighted by Gasteiger charge is -2.27. The SMILES string of the molecule is C=C[C@H](CN(CCCCc1ccc2c(n1)NCCC2)CCC(N)C(=O)OC(C)(C)C)OC. The van der Waals surface area contributed by atoms with Crippen LogP contribution in [0.5, 0.6) is 0 Å². The van der Waals surface area contributed by atoms with Gasteiger partial charge in [0.1, 0.15) is 17.5 Å². The molecule has 2 atom stereocenters. The highest BCUT2D eigenvalue weighted by atomic mass is 16.6. The lowest BCUT2D eigenvalue weighted by Crippen LogP contribution is -2.41. The van der Waals surface area contributed by atoms with Gasteiger partial charge in [-0.15, -0.1) is 6.58 Å². The van der Waals surface area contributed by atoms with Crippen molar-refractivity contribution in [1.29, 1.82) is 0 Å². The number of esters is 1. The molecule has 0 saturated carbocycles. The van der Waals surface area contributed by atoms with Crippen LogP contribution in [-0.4, -0.2) is 66.9 Å². The second-order valence-electron chi connectivity index (χ2n) is 9.54. The molecule has 0 radical (unpaired) electrons. The van der Waals surface area contributed by atoms with Crippen molar-refractivity contribution in [1.82, 2.24) is 9.88 Å². The summed E-state index contributed by atoms with van der Waals surface area (Å²) in [4.78, 5) is 19.3. The average Bonchev–Trinajstić information content (AvgIpc) is 2.76. The van der Waals surface area contributed by atoms with Crippen LogP contribution in [0.25, 0.3) is 0 Å². The standard InChI is InChI=1S/C25H42N4O3/c1-6-21(31-5)18-29(17-14-22(26)24(30)32-25(2,3)4)16-8-7-11-20-13-12-19-10-9-15-27-23(19)28-20/h6,12-13,21-22H,1,7-11,14-18,26H2,2-5H3,(H,27,28)/t21-,22?/m1/s1. The summed E-state index contributed by atoms with van der Waals surface area (Å²) in [5, 5.41) is 3.40. The molecule has 0 fully saturated rings. The first-order valence-electron chi connectivity index (χ1n) is 11.8. The zero-order valence-corrected chi connectivity index (χ0v) is 20.4. The summed E-state index contributed by atoms with van der Waals surface area (Å²) in [6, 6.07) is 3.73. The molecule has 32 heavy (non-hydrogen) atoms. The second kappa shape index (κ2) is 12.9. The minimum atomic E-state index is -0.631. The van der Waals surface area contributed by atoms with Gasteiger partial charge in [-0.2, -0.15) is 0 Å². The van der Waals surface area contributed by atoms with Crippen LogP contribution in [0.3, 0.4) is 0 Å². The van der Waals surface area contributed by atoms with Crippen molar-refractivity contribution in [2.45, 2.75) is 77.0 Å². The molecule has 1 unspecified atom stereocenters. The highest BCUT2D eigenvalue weighted by Crippen LogP contribution is 2.20. The van der Waals surface area contributed by atoms with Gasteiger partial charge in [-0.3, -0.25) is 4.79 Å². The van der Waals surface area contributed by atoms with Crippen molar-refractivity contribution in [2.75, 3.05) is 38.6 Å². The third-order valence-corrected chi connectivity index (χ3v) is 5.58. The van der Waals surface area contributed by atoms with Gasteiger partial charge in [0.2, 0.25) is 0 Å². The van der Waals surface area contributed by atoms with Crippen LogP contribution in [0.1, 0.15) is 57.7 Å². The van der Waals surface area contributed by atoms with Crippen LogP contribution in [0, 0.1) is 0 Å². The summed E-state index contributed by atoms with van der Waals surface area (Å²) < 4.78 is 10.9. The van der Waals surface area contributed by atoms with E-state index in [1.54, 1.807) is 7.11 Å². The molecule has 3 N–H and O–H groups in total. The Hall–Kier alpha value is -1.96. The number of aromatic nitrogens is 1. The number of carbonyl (C=O) groups excluding carboxylic acids is 1. The van der Waals surface area contributed by atoms with E-state index in [0.29, 0.717) is 13.0 Å². The Morgan fingerprint density at radius 2 is 2.12 bits per heavy atom. The number of methoxy groups -OCH3 is 1. The smallest absolute Gasteiger partial charge is 0.323 e. The predicted octanol–water partition coefficient (Wildman–Crippen LogP) is 3.32. The molecule has 0 amide bonds. The van der Waals surface area contributed by atoms with Gasteiger partial charge >= 0.3 is 5.97 Å². The van der Waals surface area contributed by atoms with E-state index in [2.05, 4.69) is 28.9 Å². The largest absolute Gasteiger partial charge is 0.459 e. The normalized spacial score (nSPS) is 15.6. The third kappa shape index (κ3) is 9.27. The van der Waals surface area contributed by atoms with Gasteiger partial charge in [-0.1, -0.05) is 12.1 Å². The highest BCUT2D eigenvalue weighted by molar-refractivity contribution is 5.75. The quantitative estimate of drug-likeness (QED) is 0.273. The summed E-state index contributed by atoms with van der Waals surface area (Å²) in [6.45, 7) is 12.7. The first-order valence-corrected chi connectivity index (χ1v) is 11.8. The Kier molecular flexibility index (Phi) is 10.6. The van der Waals surface area contributed by atoms with E-state index in [1.165, 1.54) is 12.0 Å². The molecule has 2 rings (SSSR count). The first kappa shape index (κ1) is 26.3. The average molecular weight is 447 g/mol. The lowest BCUT2D eigenvalue weighted by atomic mass is 10.1. The number of nitrogens with zero attached hydrogens (tertiary/aromatic N) is 2. The monoisotopic (exact) mass is 446 g/mol. The minimum Gasteiger partial charge on any atom is -0.459 e. The molecule has 1 aliphatic rings. The predicted molar refractivity (Wildman–Crippen MR) is 130 cm³/mol. The van der Waals surface area contributed by atoms with Gasteiger partial charge in [0.25, 0.3) is 0 Å². The molecule has 7 nitrogen and oxygen atoms in total. The molecule has 2 heterocycles. The van der Waals surface area contributed by atoms with Crippen LogP contribution in [0.15, 0.2) is 24.8 Å². The number of aryl methyl sites for hydroxylation is 2. The Morgan fingerprint density at radius 3 is 2.81 bits per heavy atom. The van der Waals surface area contributed by atoms with Crippen LogP contribution in [-0.2, 0) is 27.1 Å². The maximum absolute atomic E-state index is 12.2. The van der Waals surface area contributed by atoms with Crippen LogP contribution < -0.4 is 11.1 Å². The van der Waals surface area contributed by atoms with E-state index in [0.717, 1.165) is 56.8 Å². The molecule has 1 aromatic heterocycles. The number of hydrogen-bond donors (Lipinski definition) is 2. The molecule has 1 aromatic rings. The molecule has 0 saturated heterocycles. The molecule has 0 bridgehead atoms. The summed E-state index contributed by atoms with van der Waals surface area (Å²) >= 11 is 0. The summed E-state index contributed by atoms with van der Waals surface area (Å²) in [5.41, 5.74) is 8.02. The summed E-state index contributed by atoms with van der Waals surface area (Å²) in [7, 11) is 1.69. The van der Waals surface area contributed by atoms with Gasteiger partial charge in [-0.05, 0) is 77.5 Å². The van der Waals surface area contributed by atoms with Crippen LogP contribution in [0.4, 0.5) is 5.82 Å². The number of fused-ring (bicyclic) bond motifs is 1. The number of anilines is 1. The number of unbranched alkanes of at least 4 members (excludes halogenated alkanes) is 1. The molecule has 1 aliphatic heterocycles. The lowest BCUT2D eigenvalue weighted by molar-refractivity contribution is -0.156. The van der Waals surface area contributed by atoms with E-state index in [9.17, 15) is 4.79 Å². The van der Waals surface area contributed by atoms with E-state index in [-0.39, 0.29) is 12.1 Å². The minimum absolute atomic E-state index is 0.0545. The van der Waals surface area contributed by atoms with E-state index in [1.807, 2.05) is 26.8 Å². The molecule has 0 aromatic carbocycles. The van der Waals surface area contributed by atoms with Crippen molar-refractivity contribution >= 4 is 11.8 Å². The third-order valence-electron chi connectivity index (χ3n) is 5.58. The van der Waals surface area contributed by atoms with Gasteiger partial charge in [0, 0.05) is 32.4 Å². The first-order chi connectivity index (χ1) is 15.2. The Balaban J connectivity index is 1.82. The zero-order valence-electron chi connectivity index (χ0n) is 20.4. The van der Waals surface area contributed by atoms with Crippen molar-refractivity contribution in [3.05, 3.63) is 36.0 Å². The number of nitrogens with two attached hydrogens (primary N) is 1. The van der Waals surface area contributed by atoms with Gasteiger partial charge in [0.15, 0.2) is 0 Å². The topological polar surface area (TPSA) is 89.7 Å². The second-order valence-corrected chi connectivity index (χ2v) is 9.54. The zero-order chi connectivity index (χ0) is 23.6. The van der Waals surface area contributed by atoms with Crippen LogP contribution >= 0.6 is 0 Å². The summed E-state index contributed by atoms with van der Waals surface area (Å²) in [6.07, 6.45) is 7.62. The van der Waals surface area contributed by atoms with Crippen molar-refractivity contribution in [2.24, 2.45) is 5.73 Å². The summed E-state index contributed by atoms with van der Waals surface area (Å²) in [5.74, 6) is 0.706. The van der Waals surface area contributed by atoms with Crippen LogP contribution in [0.2, 0.25) is 0 Å². The number of nitrogens with one attached hydrogen (secondary N) is 1. The fourth-order valence-corrected chi connectivity index (χ4v) is 3.76. The number of pyridine rings is 1. The molecule has 7 heteroatoms. The van der Waals surface area contributed by atoms with Crippen molar-refractivity contribution in [3.8, 4) is 0 Å². The fraction of sp³-hybridized carbons (Fsp3) is 0.680. The van der Waals surface area contributed by atoms with Gasteiger partial charge in [0.05, 0.1) is 6.10 Å². The number of ether oxygens (including phenoxy) is 2. The van der Waals surface area contributed by atoms with Crippen molar-refractivity contribution in [3.63, 3.8) is 0 Å². The van der Waals surface area contributed by atoms with E-state index < -0.39 is 11.6 Å². The molecular weight excluding hydrogens is 404 g/mol. The highest BCUT2D eigenvalue weighted by Gasteiger charge is 2.23. The maximum atomic E-state index is 12.2. The van der Waals surface area contributed by atoms with Gasteiger partial charge < -0.3 is 25.4 Å². The molecular formula is C25H42N4O3. The molecule has 0 aliphatic carbocycles. The van der Waals surface area contributed by atoms with E-state index in [4.69, 9.17) is 20.2 Å². The molecule has 180 valence electrons. The maximum Gasteiger partial charge on any atom is 0.323 e. The number of rotatable bonds is 13. The Bertz CT molecular complexity index is 732.